The number of allylic oxidation sites excluding steroid dienone is 1. The summed E-state index contributed by atoms with van der Waals surface area (Å²) in [4.78, 5) is 2.33. The van der Waals surface area contributed by atoms with Crippen molar-refractivity contribution in [2.24, 2.45) is 0 Å². The third-order valence-corrected chi connectivity index (χ3v) is 10.0. The summed E-state index contributed by atoms with van der Waals surface area (Å²) >= 11 is 0. The number of hydrogen-bond acceptors (Lipinski definition) is 2. The maximum Gasteiger partial charge on any atom is 0.142 e. The molecule has 2 nitrogen and oxygen atoms in total. The van der Waals surface area contributed by atoms with Gasteiger partial charge in [-0.05, 0) is 119 Å². The average Bonchev–Trinajstić information content (AvgIpc) is 3.59. The zero-order valence-electron chi connectivity index (χ0n) is 28.6. The van der Waals surface area contributed by atoms with Gasteiger partial charge in [-0.1, -0.05) is 127 Å². The molecule has 0 bridgehead atoms. The van der Waals surface area contributed by atoms with Crippen LogP contribution in [0.5, 0.6) is 0 Å². The standard InChI is InChI=1S/C49H37NO/c1-34-19-25-42(26-20-34)50(44-29-23-38(24-30-44)45-16-10-17-47-46-15-8-9-18-48(46)51-49(45)47)43-27-21-37(22-28-43)41-32-39(35-11-4-2-5-12-35)31-40(33-41)36-13-6-3-7-14-36/h2-7,9-14,16-33H,8,15H2,1H3. The second-order valence-electron chi connectivity index (χ2n) is 13.4. The van der Waals surface area contributed by atoms with Crippen molar-refractivity contribution in [2.45, 2.75) is 19.8 Å². The fourth-order valence-corrected chi connectivity index (χ4v) is 7.35. The van der Waals surface area contributed by atoms with E-state index in [9.17, 15) is 0 Å². The molecular weight excluding hydrogens is 619 g/mol. The van der Waals surface area contributed by atoms with Crippen LogP contribution in [0.25, 0.3) is 61.6 Å². The van der Waals surface area contributed by atoms with E-state index >= 15 is 0 Å². The molecule has 0 spiro atoms. The molecule has 0 radical (unpaired) electrons. The maximum atomic E-state index is 6.42. The summed E-state index contributed by atoms with van der Waals surface area (Å²) in [5.74, 6) is 0.998. The molecule has 0 aliphatic heterocycles. The fraction of sp³-hybridized carbons (Fsp3) is 0.0612. The van der Waals surface area contributed by atoms with Gasteiger partial charge in [0.05, 0.1) is 0 Å². The van der Waals surface area contributed by atoms with Crippen LogP contribution in [0.2, 0.25) is 0 Å². The number of nitrogens with zero attached hydrogens (tertiary/aromatic N) is 1. The first kappa shape index (κ1) is 30.7. The number of benzene rings is 7. The Labute approximate surface area is 299 Å². The molecule has 0 unspecified atom stereocenters. The van der Waals surface area contributed by atoms with Crippen molar-refractivity contribution in [3.8, 4) is 44.5 Å². The number of fused-ring (bicyclic) bond motifs is 3. The van der Waals surface area contributed by atoms with Crippen LogP contribution in [-0.2, 0) is 6.42 Å². The molecule has 244 valence electrons. The molecule has 1 aliphatic carbocycles. The number of hydrogen-bond donors (Lipinski definition) is 0. The van der Waals surface area contributed by atoms with Crippen molar-refractivity contribution in [2.75, 3.05) is 4.90 Å². The predicted molar refractivity (Wildman–Crippen MR) is 215 cm³/mol. The topological polar surface area (TPSA) is 16.4 Å². The average molecular weight is 656 g/mol. The molecule has 9 rings (SSSR count). The van der Waals surface area contributed by atoms with Gasteiger partial charge in [-0.3, -0.25) is 0 Å². The predicted octanol–water partition coefficient (Wildman–Crippen LogP) is 13.8. The minimum absolute atomic E-state index is 0.972. The van der Waals surface area contributed by atoms with Crippen LogP contribution in [0.15, 0.2) is 180 Å². The highest BCUT2D eigenvalue weighted by Crippen LogP contribution is 2.40. The van der Waals surface area contributed by atoms with Crippen LogP contribution in [0.3, 0.4) is 0 Å². The molecule has 8 aromatic rings. The maximum absolute atomic E-state index is 6.42. The van der Waals surface area contributed by atoms with Gasteiger partial charge in [-0.2, -0.15) is 0 Å². The van der Waals surface area contributed by atoms with E-state index in [2.05, 4.69) is 194 Å². The van der Waals surface area contributed by atoms with Crippen molar-refractivity contribution < 1.29 is 4.42 Å². The van der Waals surface area contributed by atoms with Gasteiger partial charge < -0.3 is 9.32 Å². The molecule has 1 aliphatic rings. The summed E-state index contributed by atoms with van der Waals surface area (Å²) in [6.07, 6.45) is 6.41. The molecule has 0 amide bonds. The first-order valence-corrected chi connectivity index (χ1v) is 17.7. The highest BCUT2D eigenvalue weighted by Gasteiger charge is 2.19. The molecule has 0 fully saturated rings. The van der Waals surface area contributed by atoms with Crippen molar-refractivity contribution in [3.05, 3.63) is 193 Å². The highest BCUT2D eigenvalue weighted by atomic mass is 16.3. The number of anilines is 3. The Hall–Kier alpha value is -6.38. The molecule has 7 aromatic carbocycles. The van der Waals surface area contributed by atoms with Crippen molar-refractivity contribution in [3.63, 3.8) is 0 Å². The third kappa shape index (κ3) is 5.96. The molecule has 0 N–H and O–H groups in total. The van der Waals surface area contributed by atoms with Crippen molar-refractivity contribution >= 4 is 34.1 Å². The summed E-state index contributed by atoms with van der Waals surface area (Å²) in [7, 11) is 0. The van der Waals surface area contributed by atoms with E-state index in [4.69, 9.17) is 4.42 Å². The Bertz CT molecular complexity index is 2430. The largest absolute Gasteiger partial charge is 0.456 e. The van der Waals surface area contributed by atoms with Crippen LogP contribution >= 0.6 is 0 Å². The highest BCUT2D eigenvalue weighted by molar-refractivity contribution is 5.97. The van der Waals surface area contributed by atoms with E-state index < -0.39 is 0 Å². The Kier molecular flexibility index (Phi) is 7.91. The first-order valence-electron chi connectivity index (χ1n) is 17.7. The molecular formula is C49H37NO. The summed E-state index contributed by atoms with van der Waals surface area (Å²) in [6, 6.07) is 61.3. The van der Waals surface area contributed by atoms with Crippen LogP contribution < -0.4 is 4.90 Å². The second kappa shape index (κ2) is 13.2. The molecule has 2 heteroatoms. The van der Waals surface area contributed by atoms with E-state index in [-0.39, 0.29) is 0 Å². The summed E-state index contributed by atoms with van der Waals surface area (Å²) in [6.45, 7) is 2.13. The molecule has 0 saturated carbocycles. The van der Waals surface area contributed by atoms with Crippen LogP contribution in [-0.4, -0.2) is 0 Å². The minimum atomic E-state index is 0.972. The van der Waals surface area contributed by atoms with Crippen LogP contribution in [0, 0.1) is 6.92 Å². The lowest BCUT2D eigenvalue weighted by atomic mass is 9.93. The number of rotatable bonds is 7. The molecule has 1 aromatic heterocycles. The van der Waals surface area contributed by atoms with Gasteiger partial charge in [-0.25, -0.2) is 0 Å². The van der Waals surface area contributed by atoms with Gasteiger partial charge in [0.2, 0.25) is 0 Å². The van der Waals surface area contributed by atoms with Crippen molar-refractivity contribution in [1.82, 2.24) is 0 Å². The monoisotopic (exact) mass is 655 g/mol. The second-order valence-corrected chi connectivity index (χ2v) is 13.4. The number of para-hydroxylation sites is 1. The van der Waals surface area contributed by atoms with E-state index in [0.717, 1.165) is 52.4 Å². The van der Waals surface area contributed by atoms with E-state index in [1.807, 2.05) is 0 Å². The lowest BCUT2D eigenvalue weighted by Gasteiger charge is -2.26. The minimum Gasteiger partial charge on any atom is -0.456 e. The van der Waals surface area contributed by atoms with Gasteiger partial charge in [0, 0.05) is 33.6 Å². The molecule has 51 heavy (non-hydrogen) atoms. The van der Waals surface area contributed by atoms with Gasteiger partial charge in [0.15, 0.2) is 0 Å². The Morgan fingerprint density at radius 3 is 1.55 bits per heavy atom. The zero-order chi connectivity index (χ0) is 34.1. The molecule has 0 saturated heterocycles. The van der Waals surface area contributed by atoms with Gasteiger partial charge in [0.1, 0.15) is 11.3 Å². The lowest BCUT2D eigenvalue weighted by Crippen LogP contribution is -2.09. The number of aryl methyl sites for hydroxylation is 2. The SMILES string of the molecule is Cc1ccc(N(c2ccc(-c3cc(-c4ccccc4)cc(-c4ccccc4)c3)cc2)c2ccc(-c3cccc4c5c(oc34)C=CCC5)cc2)cc1. The van der Waals surface area contributed by atoms with E-state index in [1.54, 1.807) is 0 Å². The lowest BCUT2D eigenvalue weighted by molar-refractivity contribution is 0.596. The summed E-state index contributed by atoms with van der Waals surface area (Å²) in [5, 5.41) is 1.22. The van der Waals surface area contributed by atoms with Gasteiger partial charge in [0.25, 0.3) is 0 Å². The summed E-state index contributed by atoms with van der Waals surface area (Å²) < 4.78 is 6.42. The summed E-state index contributed by atoms with van der Waals surface area (Å²) in [5.41, 5.74) is 16.3. The van der Waals surface area contributed by atoms with E-state index in [0.29, 0.717) is 0 Å². The quantitative estimate of drug-likeness (QED) is 0.170. The van der Waals surface area contributed by atoms with Gasteiger partial charge >= 0.3 is 0 Å². The zero-order valence-corrected chi connectivity index (χ0v) is 28.6. The third-order valence-electron chi connectivity index (χ3n) is 10.0. The first-order chi connectivity index (χ1) is 25.2. The Morgan fingerprint density at radius 1 is 0.471 bits per heavy atom. The van der Waals surface area contributed by atoms with E-state index in [1.165, 1.54) is 49.9 Å². The molecule has 0 atom stereocenters. The van der Waals surface area contributed by atoms with Crippen LogP contribution in [0.4, 0.5) is 17.1 Å². The molecule has 1 heterocycles. The normalized spacial score (nSPS) is 12.2. The fourth-order valence-electron chi connectivity index (χ4n) is 7.35. The Morgan fingerprint density at radius 2 is 0.980 bits per heavy atom. The number of furan rings is 1. The smallest absolute Gasteiger partial charge is 0.142 e. The van der Waals surface area contributed by atoms with Crippen LogP contribution in [0.1, 0.15) is 23.3 Å². The Balaban J connectivity index is 1.09. The van der Waals surface area contributed by atoms with Gasteiger partial charge in [-0.15, -0.1) is 0 Å². The van der Waals surface area contributed by atoms with Crippen molar-refractivity contribution in [1.29, 1.82) is 0 Å².